The quantitative estimate of drug-likeness (QED) is 0.798. The molecule has 3 heteroatoms. The van der Waals surface area contributed by atoms with Crippen LogP contribution in [0.15, 0.2) is 54.6 Å². The molecule has 1 aliphatic carbocycles. The second kappa shape index (κ2) is 7.53. The monoisotopic (exact) mass is 348 g/mol. The molecule has 0 unspecified atom stereocenters. The first kappa shape index (κ1) is 17.1. The molecule has 0 aromatic heterocycles. The Morgan fingerprint density at radius 3 is 2.54 bits per heavy atom. The average Bonchev–Trinajstić information content (AvgIpc) is 3.34. The highest BCUT2D eigenvalue weighted by molar-refractivity contribution is 5.88. The van der Waals surface area contributed by atoms with Crippen LogP contribution in [-0.2, 0) is 16.6 Å². The van der Waals surface area contributed by atoms with Gasteiger partial charge in [0.25, 0.3) is 0 Å². The molecule has 1 heterocycles. The highest BCUT2D eigenvalue weighted by Crippen LogP contribution is 2.41. The molecular weight excluding hydrogens is 320 g/mol. The first-order valence-corrected chi connectivity index (χ1v) is 9.96. The van der Waals surface area contributed by atoms with E-state index in [1.165, 1.54) is 16.8 Å². The summed E-state index contributed by atoms with van der Waals surface area (Å²) in [5.74, 6) is 0.225. The van der Waals surface area contributed by atoms with Crippen LogP contribution < -0.4 is 10.2 Å². The first-order valence-electron chi connectivity index (χ1n) is 9.96. The normalized spacial score (nSPS) is 17.9. The van der Waals surface area contributed by atoms with Gasteiger partial charge in [0.1, 0.15) is 0 Å². The Balaban J connectivity index is 1.33. The van der Waals surface area contributed by atoms with Gasteiger partial charge in [0, 0.05) is 25.3 Å². The van der Waals surface area contributed by atoms with Gasteiger partial charge < -0.3 is 10.2 Å². The fraction of sp³-hybridized carbons (Fsp3) is 0.435. The molecule has 0 saturated heterocycles. The topological polar surface area (TPSA) is 32.3 Å². The van der Waals surface area contributed by atoms with Gasteiger partial charge in [-0.05, 0) is 42.9 Å². The van der Waals surface area contributed by atoms with Crippen LogP contribution in [0.5, 0.6) is 0 Å². The lowest BCUT2D eigenvalue weighted by atomic mass is 9.78. The third kappa shape index (κ3) is 3.23. The summed E-state index contributed by atoms with van der Waals surface area (Å²) in [5.41, 5.74) is 3.70. The van der Waals surface area contributed by atoms with Crippen molar-refractivity contribution in [2.75, 3.05) is 24.5 Å². The molecule has 0 spiro atoms. The number of nitrogens with one attached hydrogen (secondary N) is 1. The highest BCUT2D eigenvalue weighted by Gasteiger charge is 2.42. The lowest BCUT2D eigenvalue weighted by molar-refractivity contribution is -0.126. The number of fused-ring (bicyclic) bond motifs is 1. The number of rotatable bonds is 6. The van der Waals surface area contributed by atoms with E-state index in [-0.39, 0.29) is 11.3 Å². The van der Waals surface area contributed by atoms with Gasteiger partial charge in [-0.3, -0.25) is 4.79 Å². The van der Waals surface area contributed by atoms with Crippen LogP contribution in [0.25, 0.3) is 0 Å². The van der Waals surface area contributed by atoms with Crippen molar-refractivity contribution in [3.8, 4) is 0 Å². The molecule has 2 aliphatic rings. The molecule has 26 heavy (non-hydrogen) atoms. The smallest absolute Gasteiger partial charge is 0.230 e. The summed E-state index contributed by atoms with van der Waals surface area (Å²) >= 11 is 0. The van der Waals surface area contributed by atoms with Crippen molar-refractivity contribution < 1.29 is 4.79 Å². The van der Waals surface area contributed by atoms with Crippen molar-refractivity contribution in [1.82, 2.24) is 5.32 Å². The summed E-state index contributed by atoms with van der Waals surface area (Å²) in [6.45, 7) is 2.86. The standard InChI is InChI=1S/C23H28N2O/c26-22(23(14-6-7-15-23)20-10-2-1-3-11-20)24-16-8-17-25-18-13-19-9-4-5-12-21(19)25/h1-5,9-12H,6-8,13-18H2,(H,24,26). The van der Waals surface area contributed by atoms with Crippen LogP contribution in [0.4, 0.5) is 5.69 Å². The molecule has 2 aromatic carbocycles. The van der Waals surface area contributed by atoms with Crippen LogP contribution in [0.3, 0.4) is 0 Å². The van der Waals surface area contributed by atoms with E-state index in [9.17, 15) is 4.79 Å². The minimum atomic E-state index is -0.304. The molecule has 0 bridgehead atoms. The average molecular weight is 348 g/mol. The van der Waals surface area contributed by atoms with Crippen LogP contribution in [0.1, 0.15) is 43.2 Å². The molecule has 1 N–H and O–H groups in total. The summed E-state index contributed by atoms with van der Waals surface area (Å²) < 4.78 is 0. The molecule has 2 aromatic rings. The van der Waals surface area contributed by atoms with Gasteiger partial charge in [0.2, 0.25) is 5.91 Å². The van der Waals surface area contributed by atoms with Gasteiger partial charge in [-0.25, -0.2) is 0 Å². The van der Waals surface area contributed by atoms with E-state index < -0.39 is 0 Å². The van der Waals surface area contributed by atoms with Crippen LogP contribution in [-0.4, -0.2) is 25.5 Å². The Labute approximate surface area is 156 Å². The fourth-order valence-corrected chi connectivity index (χ4v) is 4.66. The number of benzene rings is 2. The zero-order valence-corrected chi connectivity index (χ0v) is 15.4. The number of carbonyl (C=O) groups excluding carboxylic acids is 1. The van der Waals surface area contributed by atoms with E-state index in [1.807, 2.05) is 18.2 Å². The number of anilines is 1. The molecule has 1 amide bonds. The number of nitrogens with zero attached hydrogens (tertiary/aromatic N) is 1. The zero-order valence-electron chi connectivity index (χ0n) is 15.4. The van der Waals surface area contributed by atoms with Crippen molar-refractivity contribution >= 4 is 11.6 Å². The fourth-order valence-electron chi connectivity index (χ4n) is 4.66. The van der Waals surface area contributed by atoms with Crippen LogP contribution >= 0.6 is 0 Å². The molecule has 0 radical (unpaired) electrons. The van der Waals surface area contributed by atoms with Crippen molar-refractivity contribution in [2.24, 2.45) is 0 Å². The van der Waals surface area contributed by atoms with Crippen molar-refractivity contribution in [3.05, 3.63) is 65.7 Å². The Bertz CT molecular complexity index is 750. The van der Waals surface area contributed by atoms with Gasteiger partial charge >= 0.3 is 0 Å². The Hall–Kier alpha value is -2.29. The SMILES string of the molecule is O=C(NCCCN1CCc2ccccc21)C1(c2ccccc2)CCCC1. The Morgan fingerprint density at radius 1 is 1.00 bits per heavy atom. The molecule has 1 saturated carbocycles. The van der Waals surface area contributed by atoms with Gasteiger partial charge in [0.15, 0.2) is 0 Å². The number of hydrogen-bond donors (Lipinski definition) is 1. The number of amides is 1. The van der Waals surface area contributed by atoms with Gasteiger partial charge in [-0.15, -0.1) is 0 Å². The van der Waals surface area contributed by atoms with Gasteiger partial charge in [0.05, 0.1) is 5.41 Å². The summed E-state index contributed by atoms with van der Waals surface area (Å²) in [6, 6.07) is 19.0. The Kier molecular flexibility index (Phi) is 4.96. The van der Waals surface area contributed by atoms with Gasteiger partial charge in [-0.1, -0.05) is 61.4 Å². The summed E-state index contributed by atoms with van der Waals surface area (Å²) in [4.78, 5) is 15.5. The summed E-state index contributed by atoms with van der Waals surface area (Å²) in [6.07, 6.45) is 6.37. The first-order chi connectivity index (χ1) is 12.8. The van der Waals surface area contributed by atoms with E-state index >= 15 is 0 Å². The lowest BCUT2D eigenvalue weighted by Crippen LogP contribution is -2.43. The number of hydrogen-bond acceptors (Lipinski definition) is 2. The second-order valence-electron chi connectivity index (χ2n) is 7.63. The molecule has 136 valence electrons. The third-order valence-corrected chi connectivity index (χ3v) is 6.09. The van der Waals surface area contributed by atoms with Crippen LogP contribution in [0, 0.1) is 0 Å². The largest absolute Gasteiger partial charge is 0.371 e. The number of para-hydroxylation sites is 1. The minimum Gasteiger partial charge on any atom is -0.371 e. The predicted octanol–water partition coefficient (Wildman–Crippen LogP) is 4.07. The summed E-state index contributed by atoms with van der Waals surface area (Å²) in [5, 5.41) is 3.25. The maximum atomic E-state index is 13.0. The number of carbonyl (C=O) groups is 1. The van der Waals surface area contributed by atoms with E-state index in [4.69, 9.17) is 0 Å². The third-order valence-electron chi connectivity index (χ3n) is 6.09. The van der Waals surface area contributed by atoms with Crippen molar-refractivity contribution in [2.45, 2.75) is 43.9 Å². The lowest BCUT2D eigenvalue weighted by Gasteiger charge is -2.28. The molecule has 0 atom stereocenters. The second-order valence-corrected chi connectivity index (χ2v) is 7.63. The maximum absolute atomic E-state index is 13.0. The van der Waals surface area contributed by atoms with Gasteiger partial charge in [-0.2, -0.15) is 0 Å². The Morgan fingerprint density at radius 2 is 1.73 bits per heavy atom. The van der Waals surface area contributed by atoms with Crippen molar-refractivity contribution in [1.29, 1.82) is 0 Å². The summed E-state index contributed by atoms with van der Waals surface area (Å²) in [7, 11) is 0. The van der Waals surface area contributed by atoms with Crippen LogP contribution in [0.2, 0.25) is 0 Å². The molecule has 1 fully saturated rings. The van der Waals surface area contributed by atoms with E-state index in [0.29, 0.717) is 0 Å². The minimum absolute atomic E-state index is 0.225. The molecular formula is C23H28N2O. The predicted molar refractivity (Wildman–Crippen MR) is 107 cm³/mol. The maximum Gasteiger partial charge on any atom is 0.230 e. The molecule has 1 aliphatic heterocycles. The van der Waals surface area contributed by atoms with E-state index in [1.54, 1.807) is 0 Å². The van der Waals surface area contributed by atoms with Crippen molar-refractivity contribution in [3.63, 3.8) is 0 Å². The van der Waals surface area contributed by atoms with E-state index in [2.05, 4.69) is 46.6 Å². The zero-order chi connectivity index (χ0) is 17.8. The van der Waals surface area contributed by atoms with E-state index in [0.717, 1.165) is 58.2 Å². The molecule has 4 rings (SSSR count). The highest BCUT2D eigenvalue weighted by atomic mass is 16.2. The molecule has 3 nitrogen and oxygen atoms in total.